The number of hydrogen-bond donors (Lipinski definition) is 1. The summed E-state index contributed by atoms with van der Waals surface area (Å²) in [6.45, 7) is 2.16. The fourth-order valence-electron chi connectivity index (χ4n) is 3.32. The molecule has 1 N–H and O–H groups in total. The van der Waals surface area contributed by atoms with Crippen molar-refractivity contribution < 1.29 is 9.59 Å². The normalized spacial score (nSPS) is 11.6. The van der Waals surface area contributed by atoms with Gasteiger partial charge in [-0.3, -0.25) is 9.59 Å². The fourth-order valence-corrected chi connectivity index (χ4v) is 3.57. The second-order valence-corrected chi connectivity index (χ2v) is 8.20. The number of rotatable bonds is 8. The number of carbonyl (C=O) groups excluding carboxylic acids is 2. The molecule has 0 aliphatic carbocycles. The van der Waals surface area contributed by atoms with Gasteiger partial charge in [0.05, 0.1) is 0 Å². The lowest BCUT2D eigenvalue weighted by atomic mass is 10.0. The molecule has 3 aromatic rings. The number of hydrogen-bond acceptors (Lipinski definition) is 2. The van der Waals surface area contributed by atoms with Crippen LogP contribution in [-0.2, 0) is 29.1 Å². The van der Waals surface area contributed by atoms with Crippen molar-refractivity contribution in [3.63, 3.8) is 0 Å². The van der Waals surface area contributed by atoms with Crippen LogP contribution in [-0.4, -0.2) is 22.8 Å². The molecule has 160 valence electrons. The molecule has 0 saturated carbocycles. The predicted octanol–water partition coefficient (Wildman–Crippen LogP) is 5.27. The van der Waals surface area contributed by atoms with Crippen molar-refractivity contribution in [2.45, 2.75) is 32.5 Å². The minimum absolute atomic E-state index is 0.169. The van der Waals surface area contributed by atoms with Gasteiger partial charge in [-0.25, -0.2) is 0 Å². The van der Waals surface area contributed by atoms with Crippen LogP contribution in [0.3, 0.4) is 0 Å². The van der Waals surface area contributed by atoms with Crippen LogP contribution in [0.25, 0.3) is 0 Å². The van der Waals surface area contributed by atoms with E-state index in [9.17, 15) is 9.59 Å². The van der Waals surface area contributed by atoms with E-state index in [1.165, 1.54) is 6.92 Å². The van der Waals surface area contributed by atoms with Gasteiger partial charge in [-0.15, -0.1) is 0 Å². The Labute approximate surface area is 192 Å². The second-order valence-electron chi connectivity index (χ2n) is 7.32. The van der Waals surface area contributed by atoms with E-state index in [1.54, 1.807) is 29.2 Å². The van der Waals surface area contributed by atoms with Crippen LogP contribution >= 0.6 is 23.2 Å². The standard InChI is InChI=1S/C25H24Cl2N2O2/c1-18(30)29(17-21-9-13-23(27)14-10-21)24(15-19-5-3-2-4-6-19)25(31)28-16-20-7-11-22(26)12-8-20/h2-14,24H,15-17H2,1H3,(H,28,31). The van der Waals surface area contributed by atoms with Crippen molar-refractivity contribution in [2.75, 3.05) is 0 Å². The summed E-state index contributed by atoms with van der Waals surface area (Å²) in [4.78, 5) is 27.4. The highest BCUT2D eigenvalue weighted by molar-refractivity contribution is 6.30. The van der Waals surface area contributed by atoms with Crippen molar-refractivity contribution in [3.05, 3.63) is 106 Å². The summed E-state index contributed by atoms with van der Waals surface area (Å²) >= 11 is 11.9. The van der Waals surface area contributed by atoms with E-state index in [0.717, 1.165) is 16.7 Å². The molecule has 0 heterocycles. The molecular formula is C25H24Cl2N2O2. The topological polar surface area (TPSA) is 49.4 Å². The van der Waals surface area contributed by atoms with Gasteiger partial charge in [-0.1, -0.05) is 77.8 Å². The molecule has 3 aromatic carbocycles. The predicted molar refractivity (Wildman–Crippen MR) is 125 cm³/mol. The third-order valence-corrected chi connectivity index (χ3v) is 5.51. The van der Waals surface area contributed by atoms with Crippen molar-refractivity contribution >= 4 is 35.0 Å². The largest absolute Gasteiger partial charge is 0.350 e. The maximum absolute atomic E-state index is 13.2. The zero-order chi connectivity index (χ0) is 22.2. The maximum atomic E-state index is 13.2. The highest BCUT2D eigenvalue weighted by Gasteiger charge is 2.28. The highest BCUT2D eigenvalue weighted by atomic mass is 35.5. The highest BCUT2D eigenvalue weighted by Crippen LogP contribution is 2.17. The molecule has 0 radical (unpaired) electrons. The maximum Gasteiger partial charge on any atom is 0.243 e. The van der Waals surface area contributed by atoms with Gasteiger partial charge in [0.2, 0.25) is 11.8 Å². The Hall–Kier alpha value is -2.82. The second kappa shape index (κ2) is 11.0. The Kier molecular flexibility index (Phi) is 8.10. The third kappa shape index (κ3) is 6.84. The molecule has 0 saturated heterocycles. The van der Waals surface area contributed by atoms with Crippen LogP contribution in [0, 0.1) is 0 Å². The SMILES string of the molecule is CC(=O)N(Cc1ccc(Cl)cc1)C(Cc1ccccc1)C(=O)NCc1ccc(Cl)cc1. The van der Waals surface area contributed by atoms with Crippen LogP contribution in [0.4, 0.5) is 0 Å². The first kappa shape index (κ1) is 22.9. The molecule has 4 nitrogen and oxygen atoms in total. The lowest BCUT2D eigenvalue weighted by molar-refractivity contribution is -0.139. The number of carbonyl (C=O) groups is 2. The van der Waals surface area contributed by atoms with Gasteiger partial charge in [-0.2, -0.15) is 0 Å². The monoisotopic (exact) mass is 454 g/mol. The molecule has 1 atom stereocenters. The Morgan fingerprint density at radius 1 is 0.806 bits per heavy atom. The molecule has 31 heavy (non-hydrogen) atoms. The minimum Gasteiger partial charge on any atom is -0.350 e. The molecule has 6 heteroatoms. The van der Waals surface area contributed by atoms with Gasteiger partial charge in [0.15, 0.2) is 0 Å². The molecule has 3 rings (SSSR count). The van der Waals surface area contributed by atoms with Gasteiger partial charge in [0.1, 0.15) is 6.04 Å². The number of amides is 2. The quantitative estimate of drug-likeness (QED) is 0.503. The van der Waals surface area contributed by atoms with E-state index in [4.69, 9.17) is 23.2 Å². The molecule has 0 aromatic heterocycles. The third-order valence-electron chi connectivity index (χ3n) is 5.00. The lowest BCUT2D eigenvalue weighted by Crippen LogP contribution is -2.49. The molecule has 0 bridgehead atoms. The molecule has 0 aliphatic heterocycles. The zero-order valence-corrected chi connectivity index (χ0v) is 18.7. The van der Waals surface area contributed by atoms with Crippen molar-refractivity contribution in [3.8, 4) is 0 Å². The van der Waals surface area contributed by atoms with Crippen LogP contribution in [0.15, 0.2) is 78.9 Å². The number of benzene rings is 3. The molecule has 0 fully saturated rings. The summed E-state index contributed by atoms with van der Waals surface area (Å²) in [7, 11) is 0. The van der Waals surface area contributed by atoms with E-state index in [0.29, 0.717) is 29.6 Å². The fraction of sp³-hybridized carbons (Fsp3) is 0.200. The molecule has 1 unspecified atom stereocenters. The van der Waals surface area contributed by atoms with Gasteiger partial charge in [0, 0.05) is 36.5 Å². The number of nitrogens with one attached hydrogen (secondary N) is 1. The smallest absolute Gasteiger partial charge is 0.243 e. The van der Waals surface area contributed by atoms with Crippen molar-refractivity contribution in [2.24, 2.45) is 0 Å². The molecule has 0 aliphatic rings. The van der Waals surface area contributed by atoms with Gasteiger partial charge < -0.3 is 10.2 Å². The van der Waals surface area contributed by atoms with Gasteiger partial charge >= 0.3 is 0 Å². The first-order valence-electron chi connectivity index (χ1n) is 10.00. The summed E-state index contributed by atoms with van der Waals surface area (Å²) in [6, 6.07) is 23.6. The average Bonchev–Trinajstić information content (AvgIpc) is 2.77. The minimum atomic E-state index is -0.650. The van der Waals surface area contributed by atoms with E-state index < -0.39 is 6.04 Å². The first-order valence-corrected chi connectivity index (χ1v) is 10.8. The lowest BCUT2D eigenvalue weighted by Gasteiger charge is -2.30. The number of halogens is 2. The zero-order valence-electron chi connectivity index (χ0n) is 17.2. The van der Waals surface area contributed by atoms with Crippen LogP contribution in [0.2, 0.25) is 10.0 Å². The van der Waals surface area contributed by atoms with Crippen molar-refractivity contribution in [1.82, 2.24) is 10.2 Å². The van der Waals surface area contributed by atoms with Crippen LogP contribution in [0.1, 0.15) is 23.6 Å². The Bertz CT molecular complexity index is 1010. The summed E-state index contributed by atoms with van der Waals surface area (Å²) in [5, 5.41) is 4.24. The molecule has 0 spiro atoms. The summed E-state index contributed by atoms with van der Waals surface area (Å²) < 4.78 is 0. The number of nitrogens with zero attached hydrogens (tertiary/aromatic N) is 1. The van der Waals surface area contributed by atoms with E-state index >= 15 is 0 Å². The Morgan fingerprint density at radius 2 is 1.35 bits per heavy atom. The van der Waals surface area contributed by atoms with E-state index in [-0.39, 0.29) is 11.8 Å². The molecular weight excluding hydrogens is 431 g/mol. The Morgan fingerprint density at radius 3 is 1.90 bits per heavy atom. The van der Waals surface area contributed by atoms with Crippen LogP contribution in [0.5, 0.6) is 0 Å². The summed E-state index contributed by atoms with van der Waals surface area (Å²) in [6.07, 6.45) is 0.417. The van der Waals surface area contributed by atoms with E-state index in [1.807, 2.05) is 54.6 Å². The van der Waals surface area contributed by atoms with Gasteiger partial charge in [-0.05, 0) is 41.0 Å². The van der Waals surface area contributed by atoms with Crippen molar-refractivity contribution in [1.29, 1.82) is 0 Å². The summed E-state index contributed by atoms with van der Waals surface area (Å²) in [5.41, 5.74) is 2.82. The van der Waals surface area contributed by atoms with Gasteiger partial charge in [0.25, 0.3) is 0 Å². The average molecular weight is 455 g/mol. The van der Waals surface area contributed by atoms with E-state index in [2.05, 4.69) is 5.32 Å². The first-order chi connectivity index (χ1) is 14.9. The summed E-state index contributed by atoms with van der Waals surface area (Å²) in [5.74, 6) is -0.375. The van der Waals surface area contributed by atoms with Crippen LogP contribution < -0.4 is 5.32 Å². The molecule has 2 amide bonds. The Balaban J connectivity index is 1.81.